The van der Waals surface area contributed by atoms with Gasteiger partial charge >= 0.3 is 5.69 Å². The van der Waals surface area contributed by atoms with E-state index in [9.17, 15) is 14.9 Å². The molecule has 0 saturated heterocycles. The lowest BCUT2D eigenvalue weighted by Gasteiger charge is -2.16. The molecule has 7 heteroatoms. The van der Waals surface area contributed by atoms with Crippen LogP contribution < -0.4 is 10.2 Å². The third-order valence-corrected chi connectivity index (χ3v) is 4.32. The lowest BCUT2D eigenvalue weighted by atomic mass is 9.91. The molecule has 1 amide bonds. The fourth-order valence-electron chi connectivity index (χ4n) is 2.95. The Bertz CT molecular complexity index is 981. The molecule has 7 nitrogen and oxygen atoms in total. The highest BCUT2D eigenvalue weighted by Gasteiger charge is 2.22. The maximum Gasteiger partial charge on any atom is 0.311 e. The first kappa shape index (κ1) is 19.8. The number of hydrazone groups is 1. The summed E-state index contributed by atoms with van der Waals surface area (Å²) in [5, 5.41) is 15.1. The minimum Gasteiger partial charge on any atom is -0.490 e. The summed E-state index contributed by atoms with van der Waals surface area (Å²) >= 11 is 0. The van der Waals surface area contributed by atoms with Crippen molar-refractivity contribution in [1.29, 1.82) is 0 Å². The second-order valence-corrected chi connectivity index (χ2v) is 6.18. The number of nitro benzene ring substituents is 1. The molecule has 0 aliphatic rings. The number of carbonyl (C=O) groups excluding carboxylic acids is 1. The van der Waals surface area contributed by atoms with Crippen molar-refractivity contribution in [3.63, 3.8) is 0 Å². The van der Waals surface area contributed by atoms with Crippen LogP contribution in [0.3, 0.4) is 0 Å². The predicted octanol–water partition coefficient (Wildman–Crippen LogP) is 3.89. The Morgan fingerprint density at radius 3 is 2.14 bits per heavy atom. The molecular weight excluding hydrogens is 370 g/mol. The van der Waals surface area contributed by atoms with Crippen LogP contribution in [-0.4, -0.2) is 24.2 Å². The van der Waals surface area contributed by atoms with Crippen LogP contribution in [0.1, 0.15) is 22.6 Å². The van der Waals surface area contributed by atoms with Crippen molar-refractivity contribution in [2.45, 2.75) is 5.92 Å². The highest BCUT2D eigenvalue weighted by molar-refractivity contribution is 5.89. The molecule has 0 unspecified atom stereocenters. The molecule has 29 heavy (non-hydrogen) atoms. The SMILES string of the molecule is COc1ccc(C=NNC(=O)C(c2ccccc2)c2ccccc2)cc1[N+](=O)[O-]. The van der Waals surface area contributed by atoms with Gasteiger partial charge in [-0.15, -0.1) is 0 Å². The van der Waals surface area contributed by atoms with Gasteiger partial charge in [-0.25, -0.2) is 5.43 Å². The topological polar surface area (TPSA) is 93.8 Å². The number of benzene rings is 3. The summed E-state index contributed by atoms with van der Waals surface area (Å²) < 4.78 is 4.98. The van der Waals surface area contributed by atoms with Crippen molar-refractivity contribution >= 4 is 17.8 Å². The summed E-state index contributed by atoms with van der Waals surface area (Å²) in [7, 11) is 1.36. The second-order valence-electron chi connectivity index (χ2n) is 6.18. The van der Waals surface area contributed by atoms with E-state index >= 15 is 0 Å². The van der Waals surface area contributed by atoms with E-state index in [1.807, 2.05) is 60.7 Å². The van der Waals surface area contributed by atoms with Gasteiger partial charge < -0.3 is 4.74 Å². The molecule has 0 heterocycles. The highest BCUT2D eigenvalue weighted by Crippen LogP contribution is 2.27. The van der Waals surface area contributed by atoms with E-state index in [1.165, 1.54) is 25.5 Å². The zero-order valence-corrected chi connectivity index (χ0v) is 15.7. The summed E-state index contributed by atoms with van der Waals surface area (Å²) in [6.07, 6.45) is 1.36. The van der Waals surface area contributed by atoms with Crippen LogP contribution in [-0.2, 0) is 4.79 Å². The number of amides is 1. The van der Waals surface area contributed by atoms with Crippen LogP contribution in [0.15, 0.2) is 84.0 Å². The summed E-state index contributed by atoms with van der Waals surface area (Å²) in [5.74, 6) is -0.675. The first-order valence-corrected chi connectivity index (χ1v) is 8.85. The monoisotopic (exact) mass is 389 g/mol. The first-order chi connectivity index (χ1) is 14.1. The van der Waals surface area contributed by atoms with Gasteiger partial charge in [-0.2, -0.15) is 5.10 Å². The Hall–Kier alpha value is -4.00. The van der Waals surface area contributed by atoms with Crippen molar-refractivity contribution in [1.82, 2.24) is 5.43 Å². The normalized spacial score (nSPS) is 10.8. The zero-order valence-electron chi connectivity index (χ0n) is 15.7. The van der Waals surface area contributed by atoms with Gasteiger partial charge in [0.2, 0.25) is 0 Å². The molecule has 3 rings (SSSR count). The standard InChI is InChI=1S/C22H19N3O4/c1-29-20-13-12-16(14-19(20)25(27)28)15-23-24-22(26)21(17-8-4-2-5-9-17)18-10-6-3-7-11-18/h2-15,21H,1H3,(H,24,26). The molecular formula is C22H19N3O4. The van der Waals surface area contributed by atoms with E-state index < -0.39 is 10.8 Å². The van der Waals surface area contributed by atoms with Gasteiger partial charge in [-0.3, -0.25) is 14.9 Å². The average Bonchev–Trinajstić information content (AvgIpc) is 2.75. The molecule has 3 aromatic rings. The Labute approximate surface area is 167 Å². The number of nitrogens with zero attached hydrogens (tertiary/aromatic N) is 2. The highest BCUT2D eigenvalue weighted by atomic mass is 16.6. The largest absolute Gasteiger partial charge is 0.490 e. The zero-order chi connectivity index (χ0) is 20.6. The average molecular weight is 389 g/mol. The molecule has 0 radical (unpaired) electrons. The van der Waals surface area contributed by atoms with Crippen molar-refractivity contribution < 1.29 is 14.5 Å². The van der Waals surface area contributed by atoms with Gasteiger partial charge in [0, 0.05) is 11.6 Å². The molecule has 146 valence electrons. The van der Waals surface area contributed by atoms with Crippen LogP contribution in [0.4, 0.5) is 5.69 Å². The molecule has 0 saturated carbocycles. The lowest BCUT2D eigenvalue weighted by Crippen LogP contribution is -2.26. The van der Waals surface area contributed by atoms with Gasteiger partial charge in [-0.1, -0.05) is 60.7 Å². The number of ether oxygens (including phenoxy) is 1. The molecule has 0 fully saturated rings. The number of nitrogens with one attached hydrogen (secondary N) is 1. The molecule has 3 aromatic carbocycles. The quantitative estimate of drug-likeness (QED) is 0.377. The fraction of sp³-hybridized carbons (Fsp3) is 0.0909. The van der Waals surface area contributed by atoms with Crippen molar-refractivity contribution in [2.24, 2.45) is 5.10 Å². The molecule has 0 spiro atoms. The van der Waals surface area contributed by atoms with E-state index in [-0.39, 0.29) is 17.3 Å². The minimum absolute atomic E-state index is 0.157. The van der Waals surface area contributed by atoms with Gasteiger partial charge in [0.05, 0.1) is 24.2 Å². The summed E-state index contributed by atoms with van der Waals surface area (Å²) in [4.78, 5) is 23.5. The van der Waals surface area contributed by atoms with Crippen LogP contribution in [0.5, 0.6) is 5.75 Å². The summed E-state index contributed by atoms with van der Waals surface area (Å²) in [5.41, 5.74) is 4.51. The number of hydrogen-bond acceptors (Lipinski definition) is 5. The van der Waals surface area contributed by atoms with E-state index in [1.54, 1.807) is 6.07 Å². The minimum atomic E-state index is -0.532. The molecule has 0 bridgehead atoms. The predicted molar refractivity (Wildman–Crippen MR) is 110 cm³/mol. The number of carbonyl (C=O) groups is 1. The Kier molecular flexibility index (Phi) is 6.32. The van der Waals surface area contributed by atoms with Crippen molar-refractivity contribution in [3.8, 4) is 5.75 Å². The van der Waals surface area contributed by atoms with Crippen LogP contribution in [0, 0.1) is 10.1 Å². The van der Waals surface area contributed by atoms with Crippen molar-refractivity contribution in [3.05, 3.63) is 106 Å². The third-order valence-electron chi connectivity index (χ3n) is 4.32. The summed E-state index contributed by atoms with van der Waals surface area (Å²) in [6.45, 7) is 0. The molecule has 0 aliphatic heterocycles. The van der Waals surface area contributed by atoms with E-state index in [2.05, 4.69) is 10.5 Å². The van der Waals surface area contributed by atoms with Gasteiger partial charge in [0.1, 0.15) is 0 Å². The molecule has 0 atom stereocenters. The Morgan fingerprint density at radius 1 is 1.03 bits per heavy atom. The summed E-state index contributed by atoms with van der Waals surface area (Å²) in [6, 6.07) is 23.2. The van der Waals surface area contributed by atoms with Crippen molar-refractivity contribution in [2.75, 3.05) is 7.11 Å². The Balaban J connectivity index is 1.80. The van der Waals surface area contributed by atoms with Crippen LogP contribution >= 0.6 is 0 Å². The van der Waals surface area contributed by atoms with E-state index in [0.29, 0.717) is 5.56 Å². The number of hydrogen-bond donors (Lipinski definition) is 1. The van der Waals surface area contributed by atoms with Crippen LogP contribution in [0.25, 0.3) is 0 Å². The van der Waals surface area contributed by atoms with Gasteiger partial charge in [0.25, 0.3) is 5.91 Å². The molecule has 0 aliphatic carbocycles. The van der Waals surface area contributed by atoms with Gasteiger partial charge in [-0.05, 0) is 23.3 Å². The fourth-order valence-corrected chi connectivity index (χ4v) is 2.95. The maximum absolute atomic E-state index is 12.9. The van der Waals surface area contributed by atoms with Crippen LogP contribution in [0.2, 0.25) is 0 Å². The number of rotatable bonds is 7. The number of methoxy groups -OCH3 is 1. The van der Waals surface area contributed by atoms with E-state index in [0.717, 1.165) is 11.1 Å². The Morgan fingerprint density at radius 2 is 1.62 bits per heavy atom. The maximum atomic E-state index is 12.9. The first-order valence-electron chi connectivity index (χ1n) is 8.85. The van der Waals surface area contributed by atoms with E-state index in [4.69, 9.17) is 4.74 Å². The molecule has 0 aromatic heterocycles. The third kappa shape index (κ3) is 4.84. The second kappa shape index (κ2) is 9.27. The number of nitro groups is 1. The molecule has 1 N–H and O–H groups in total. The smallest absolute Gasteiger partial charge is 0.311 e. The lowest BCUT2D eigenvalue weighted by molar-refractivity contribution is -0.385. The van der Waals surface area contributed by atoms with Gasteiger partial charge in [0.15, 0.2) is 5.75 Å².